The molecule has 0 aromatic heterocycles. The minimum Gasteiger partial charge on any atom is -0.407 e. The van der Waals surface area contributed by atoms with E-state index in [0.717, 1.165) is 12.5 Å². The van der Waals surface area contributed by atoms with E-state index in [1.54, 1.807) is 0 Å². The van der Waals surface area contributed by atoms with Crippen molar-refractivity contribution in [1.29, 1.82) is 0 Å². The first-order chi connectivity index (χ1) is 14.8. The molecule has 30 heavy (non-hydrogen) atoms. The van der Waals surface area contributed by atoms with Crippen LogP contribution in [0.3, 0.4) is 0 Å². The van der Waals surface area contributed by atoms with Gasteiger partial charge in [-0.1, -0.05) is 139 Å². The van der Waals surface area contributed by atoms with Gasteiger partial charge in [0.25, 0.3) is 9.04 Å². The van der Waals surface area contributed by atoms with Gasteiger partial charge in [-0.2, -0.15) is 0 Å². The molecule has 2 heteroatoms. The summed E-state index contributed by atoms with van der Waals surface area (Å²) in [5, 5.41) is 2.69. The van der Waals surface area contributed by atoms with Crippen LogP contribution in [0.5, 0.6) is 0 Å². The van der Waals surface area contributed by atoms with Gasteiger partial charge in [0.2, 0.25) is 0 Å². The van der Waals surface area contributed by atoms with Crippen LogP contribution in [0.15, 0.2) is 60.7 Å². The average molecular weight is 424 g/mol. The molecule has 0 spiro atoms. The summed E-state index contributed by atoms with van der Waals surface area (Å²) in [4.78, 5) is 0. The Labute approximate surface area is 188 Å². The Bertz CT molecular complexity index is 588. The summed E-state index contributed by atoms with van der Waals surface area (Å²) < 4.78 is 6.46. The maximum absolute atomic E-state index is 6.46. The number of unbranched alkanes of at least 4 members (excludes halogenated alkanes) is 8. The Balaban J connectivity index is 1.58. The maximum atomic E-state index is 6.46. The highest BCUT2D eigenvalue weighted by molar-refractivity contribution is 6.80. The van der Waals surface area contributed by atoms with Gasteiger partial charge in [0.05, 0.1) is 0 Å². The lowest BCUT2D eigenvalue weighted by Crippen LogP contribution is -2.45. The predicted octanol–water partition coefficient (Wildman–Crippen LogP) is 7.15. The summed E-state index contributed by atoms with van der Waals surface area (Å²) >= 11 is 0. The van der Waals surface area contributed by atoms with E-state index in [1.165, 1.54) is 87.4 Å². The van der Waals surface area contributed by atoms with Gasteiger partial charge >= 0.3 is 0 Å². The lowest BCUT2D eigenvalue weighted by Gasteiger charge is -2.17. The van der Waals surface area contributed by atoms with Crippen molar-refractivity contribution >= 4 is 19.4 Å². The van der Waals surface area contributed by atoms with Crippen LogP contribution in [-0.2, 0) is 4.43 Å². The zero-order valence-electron chi connectivity index (χ0n) is 19.5. The van der Waals surface area contributed by atoms with Gasteiger partial charge in [0.1, 0.15) is 0 Å². The van der Waals surface area contributed by atoms with Gasteiger partial charge in [-0.15, -0.1) is 0 Å². The maximum Gasteiger partial charge on any atom is 0.282 e. The molecule has 1 radical (unpaired) electrons. The zero-order valence-corrected chi connectivity index (χ0v) is 20.5. The summed E-state index contributed by atoms with van der Waals surface area (Å²) in [6.45, 7) is 5.59. The molecule has 0 saturated heterocycles. The molecular weight excluding hydrogens is 380 g/mol. The molecule has 165 valence electrons. The van der Waals surface area contributed by atoms with Gasteiger partial charge in [-0.3, -0.25) is 0 Å². The van der Waals surface area contributed by atoms with Gasteiger partial charge in [-0.25, -0.2) is 0 Å². The number of rotatable bonds is 17. The van der Waals surface area contributed by atoms with Crippen LogP contribution in [0.2, 0.25) is 0 Å². The molecule has 0 fully saturated rings. The Morgan fingerprint density at radius 1 is 0.633 bits per heavy atom. The predicted molar refractivity (Wildman–Crippen MR) is 134 cm³/mol. The summed E-state index contributed by atoms with van der Waals surface area (Å²) in [5.41, 5.74) is 0. The van der Waals surface area contributed by atoms with Crippen molar-refractivity contribution < 1.29 is 4.43 Å². The zero-order chi connectivity index (χ0) is 21.3. The van der Waals surface area contributed by atoms with Crippen molar-refractivity contribution in [1.82, 2.24) is 0 Å². The van der Waals surface area contributed by atoms with Crippen molar-refractivity contribution in [3.8, 4) is 0 Å². The minimum atomic E-state index is -1.13. The van der Waals surface area contributed by atoms with Crippen LogP contribution >= 0.6 is 0 Å². The van der Waals surface area contributed by atoms with Crippen molar-refractivity contribution in [2.45, 2.75) is 90.9 Å². The Morgan fingerprint density at radius 2 is 1.10 bits per heavy atom. The van der Waals surface area contributed by atoms with Crippen LogP contribution in [0.25, 0.3) is 0 Å². The van der Waals surface area contributed by atoms with Crippen LogP contribution in [-0.4, -0.2) is 15.6 Å². The molecule has 0 saturated carbocycles. The van der Waals surface area contributed by atoms with Crippen molar-refractivity contribution in [3.63, 3.8) is 0 Å². The van der Waals surface area contributed by atoms with Gasteiger partial charge < -0.3 is 4.43 Å². The van der Waals surface area contributed by atoms with Crippen molar-refractivity contribution in [3.05, 3.63) is 60.7 Å². The Kier molecular flexibility index (Phi) is 13.5. The molecule has 0 heterocycles. The topological polar surface area (TPSA) is 9.23 Å². The molecule has 0 aliphatic heterocycles. The first-order valence-corrected chi connectivity index (χ1v) is 13.8. The third kappa shape index (κ3) is 10.6. The van der Waals surface area contributed by atoms with E-state index in [-0.39, 0.29) is 0 Å². The van der Waals surface area contributed by atoms with E-state index in [0.29, 0.717) is 0 Å². The van der Waals surface area contributed by atoms with E-state index in [9.17, 15) is 0 Å². The fourth-order valence-electron chi connectivity index (χ4n) is 4.07. The third-order valence-corrected chi connectivity index (χ3v) is 8.17. The minimum absolute atomic E-state index is 0.822. The van der Waals surface area contributed by atoms with Crippen molar-refractivity contribution in [2.75, 3.05) is 6.61 Å². The molecule has 0 aliphatic rings. The van der Waals surface area contributed by atoms with E-state index < -0.39 is 9.04 Å². The highest BCUT2D eigenvalue weighted by atomic mass is 28.3. The summed E-state index contributed by atoms with van der Waals surface area (Å²) in [7, 11) is -1.13. The normalized spacial score (nSPS) is 12.4. The lowest BCUT2D eigenvalue weighted by molar-refractivity contribution is 0.302. The number of hydrogen-bond acceptors (Lipinski definition) is 1. The second-order valence-electron chi connectivity index (χ2n) is 8.77. The Hall–Kier alpha value is -1.38. The molecule has 0 bridgehead atoms. The molecule has 2 rings (SSSR count). The number of benzene rings is 2. The summed E-state index contributed by atoms with van der Waals surface area (Å²) in [6, 6.07) is 21.5. The molecule has 0 aliphatic carbocycles. The van der Waals surface area contributed by atoms with Gasteiger partial charge in [0, 0.05) is 6.61 Å². The number of hydrogen-bond donors (Lipinski definition) is 0. The summed E-state index contributed by atoms with van der Waals surface area (Å²) in [5.74, 6) is 0.822. The van der Waals surface area contributed by atoms with E-state index in [2.05, 4.69) is 74.5 Å². The lowest BCUT2D eigenvalue weighted by atomic mass is 9.97. The molecule has 2 aromatic rings. The molecule has 1 atom stereocenters. The molecule has 1 nitrogen and oxygen atoms in total. The molecule has 2 aromatic carbocycles. The fourth-order valence-corrected chi connectivity index (χ4v) is 6.07. The molecular formula is C28H43OSi. The average Bonchev–Trinajstić information content (AvgIpc) is 2.79. The van der Waals surface area contributed by atoms with Crippen LogP contribution in [0.4, 0.5) is 0 Å². The van der Waals surface area contributed by atoms with E-state index in [4.69, 9.17) is 4.43 Å². The largest absolute Gasteiger partial charge is 0.407 e. The Morgan fingerprint density at radius 3 is 1.63 bits per heavy atom. The highest BCUT2D eigenvalue weighted by Crippen LogP contribution is 2.17. The first-order valence-electron chi connectivity index (χ1n) is 12.4. The van der Waals surface area contributed by atoms with Crippen LogP contribution in [0.1, 0.15) is 90.9 Å². The fraction of sp³-hybridized carbons (Fsp3) is 0.571. The molecule has 0 N–H and O–H groups in total. The monoisotopic (exact) mass is 423 g/mol. The third-order valence-electron chi connectivity index (χ3n) is 5.96. The smallest absolute Gasteiger partial charge is 0.282 e. The molecule has 1 unspecified atom stereocenters. The van der Waals surface area contributed by atoms with Crippen molar-refractivity contribution in [2.24, 2.45) is 5.92 Å². The van der Waals surface area contributed by atoms with Gasteiger partial charge in [0.15, 0.2) is 0 Å². The van der Waals surface area contributed by atoms with Gasteiger partial charge in [-0.05, 0) is 29.1 Å². The second kappa shape index (κ2) is 16.3. The quantitative estimate of drug-likeness (QED) is 0.194. The van der Waals surface area contributed by atoms with E-state index in [1.807, 2.05) is 0 Å². The molecule has 0 amide bonds. The highest BCUT2D eigenvalue weighted by Gasteiger charge is 2.18. The second-order valence-corrected chi connectivity index (χ2v) is 10.9. The SMILES string of the molecule is CCCCCCCCCCCC(C)CCCO[Si](c1ccccc1)c1ccccc1. The standard InChI is InChI=1S/C28H43OSi/c1-3-4-5-6-7-8-9-10-13-19-26(2)20-18-25-29-30(27-21-14-11-15-22-27)28-23-16-12-17-24-28/h11-12,14-17,21-24,26H,3-10,13,18-20,25H2,1-2H3. The van der Waals surface area contributed by atoms with Crippen LogP contribution in [0, 0.1) is 5.92 Å². The summed E-state index contributed by atoms with van der Waals surface area (Å²) in [6.07, 6.45) is 16.6. The van der Waals surface area contributed by atoms with E-state index >= 15 is 0 Å². The van der Waals surface area contributed by atoms with Crippen LogP contribution < -0.4 is 10.4 Å². The first kappa shape index (κ1) is 24.9.